The van der Waals surface area contributed by atoms with Crippen LogP contribution in [0.25, 0.3) is 11.3 Å². The molecule has 112 valence electrons. The molecule has 1 aromatic heterocycles. The summed E-state index contributed by atoms with van der Waals surface area (Å²) >= 11 is 0. The molecule has 0 bridgehead atoms. The lowest BCUT2D eigenvalue weighted by Gasteiger charge is -2.22. The molecule has 2 heterocycles. The van der Waals surface area contributed by atoms with Crippen LogP contribution < -0.4 is 10.6 Å². The number of piperidine rings is 1. The van der Waals surface area contributed by atoms with E-state index in [0.717, 1.165) is 42.8 Å². The number of aromatic nitrogens is 2. The molecule has 2 aromatic rings. The summed E-state index contributed by atoms with van der Waals surface area (Å²) in [6.07, 6.45) is 4.91. The molecule has 3 rings (SSSR count). The standard InChI is InChI=1S/C15H18N4O.ClH/c20-15(14-3-1-2-9-16-14)18-12-6-4-11(5-7-12)13-8-10-17-19-13;/h4-8,10,14,16H,1-3,9H2,(H,17,19)(H,18,20);1H/t14-;/m1./s1. The van der Waals surface area contributed by atoms with Crippen molar-refractivity contribution in [1.82, 2.24) is 15.5 Å². The van der Waals surface area contributed by atoms with Gasteiger partial charge in [0.2, 0.25) is 5.91 Å². The number of nitrogens with zero attached hydrogens (tertiary/aromatic N) is 1. The molecule has 0 unspecified atom stereocenters. The number of carbonyl (C=O) groups excluding carboxylic acids is 1. The topological polar surface area (TPSA) is 69.8 Å². The van der Waals surface area contributed by atoms with Gasteiger partial charge in [-0.3, -0.25) is 9.89 Å². The van der Waals surface area contributed by atoms with Gasteiger partial charge in [-0.15, -0.1) is 12.4 Å². The fourth-order valence-corrected chi connectivity index (χ4v) is 2.45. The van der Waals surface area contributed by atoms with E-state index < -0.39 is 0 Å². The summed E-state index contributed by atoms with van der Waals surface area (Å²) < 4.78 is 0. The molecule has 1 aliphatic rings. The number of H-pyrrole nitrogens is 1. The molecule has 21 heavy (non-hydrogen) atoms. The summed E-state index contributed by atoms with van der Waals surface area (Å²) in [6, 6.07) is 9.62. The van der Waals surface area contributed by atoms with E-state index in [9.17, 15) is 4.79 Å². The van der Waals surface area contributed by atoms with Gasteiger partial charge >= 0.3 is 0 Å². The first kappa shape index (κ1) is 15.5. The van der Waals surface area contributed by atoms with E-state index in [2.05, 4.69) is 20.8 Å². The second-order valence-corrected chi connectivity index (χ2v) is 5.04. The maximum atomic E-state index is 12.1. The number of rotatable bonds is 3. The number of benzene rings is 1. The molecule has 6 heteroatoms. The summed E-state index contributed by atoms with van der Waals surface area (Å²) in [4.78, 5) is 12.1. The van der Waals surface area contributed by atoms with Crippen LogP contribution in [0.3, 0.4) is 0 Å². The third kappa shape index (κ3) is 3.83. The number of anilines is 1. The first-order valence-corrected chi connectivity index (χ1v) is 6.97. The van der Waals surface area contributed by atoms with E-state index in [1.54, 1.807) is 6.20 Å². The van der Waals surface area contributed by atoms with Gasteiger partial charge in [0.15, 0.2) is 0 Å². The molecular weight excluding hydrogens is 288 g/mol. The molecule has 0 saturated carbocycles. The Kier molecular flexibility index (Phi) is 5.36. The molecule has 1 saturated heterocycles. The minimum Gasteiger partial charge on any atom is -0.325 e. The first-order chi connectivity index (χ1) is 9.83. The van der Waals surface area contributed by atoms with Crippen molar-refractivity contribution in [1.29, 1.82) is 0 Å². The lowest BCUT2D eigenvalue weighted by molar-refractivity contribution is -0.118. The van der Waals surface area contributed by atoms with Gasteiger partial charge in [-0.25, -0.2) is 0 Å². The third-order valence-electron chi connectivity index (χ3n) is 3.59. The van der Waals surface area contributed by atoms with Crippen LogP contribution in [0.15, 0.2) is 36.5 Å². The van der Waals surface area contributed by atoms with Crippen molar-refractivity contribution in [2.45, 2.75) is 25.3 Å². The molecule has 5 nitrogen and oxygen atoms in total. The number of carbonyl (C=O) groups is 1. The third-order valence-corrected chi connectivity index (χ3v) is 3.59. The molecule has 0 aliphatic carbocycles. The Labute approximate surface area is 129 Å². The summed E-state index contributed by atoms with van der Waals surface area (Å²) in [5, 5.41) is 13.0. The Hall–Kier alpha value is -1.85. The average Bonchev–Trinajstić information content (AvgIpc) is 3.03. The lowest BCUT2D eigenvalue weighted by atomic mass is 10.0. The molecule has 1 atom stereocenters. The SMILES string of the molecule is Cl.O=C(Nc1ccc(-c2ccn[nH]2)cc1)[C@H]1CCCCN1. The van der Waals surface area contributed by atoms with Crippen LogP contribution in [0.2, 0.25) is 0 Å². The van der Waals surface area contributed by atoms with Crippen molar-refractivity contribution >= 4 is 24.0 Å². The van der Waals surface area contributed by atoms with Gasteiger partial charge in [0, 0.05) is 11.9 Å². The van der Waals surface area contributed by atoms with Crippen molar-refractivity contribution in [3.63, 3.8) is 0 Å². The van der Waals surface area contributed by atoms with Crippen LogP contribution >= 0.6 is 12.4 Å². The largest absolute Gasteiger partial charge is 0.325 e. The number of nitrogens with one attached hydrogen (secondary N) is 3. The number of hydrogen-bond acceptors (Lipinski definition) is 3. The summed E-state index contributed by atoms with van der Waals surface area (Å²) in [5.41, 5.74) is 2.85. The van der Waals surface area contributed by atoms with Crippen LogP contribution in [0, 0.1) is 0 Å². The molecule has 0 spiro atoms. The van der Waals surface area contributed by atoms with E-state index in [4.69, 9.17) is 0 Å². The van der Waals surface area contributed by atoms with Crippen molar-refractivity contribution < 1.29 is 4.79 Å². The highest BCUT2D eigenvalue weighted by Gasteiger charge is 2.20. The van der Waals surface area contributed by atoms with E-state index in [1.807, 2.05) is 30.3 Å². The minimum atomic E-state index is -0.0592. The van der Waals surface area contributed by atoms with Gasteiger partial charge < -0.3 is 10.6 Å². The minimum absolute atomic E-state index is 0. The van der Waals surface area contributed by atoms with Crippen molar-refractivity contribution in [2.24, 2.45) is 0 Å². The summed E-state index contributed by atoms with van der Waals surface area (Å²) in [7, 11) is 0. The zero-order chi connectivity index (χ0) is 13.8. The molecule has 1 aliphatic heterocycles. The van der Waals surface area contributed by atoms with Crippen molar-refractivity contribution in [2.75, 3.05) is 11.9 Å². The molecule has 1 aromatic carbocycles. The average molecular weight is 307 g/mol. The highest BCUT2D eigenvalue weighted by Crippen LogP contribution is 2.19. The van der Waals surface area contributed by atoms with Gasteiger partial charge in [0.25, 0.3) is 0 Å². The van der Waals surface area contributed by atoms with Gasteiger partial charge in [-0.2, -0.15) is 5.10 Å². The number of hydrogen-bond donors (Lipinski definition) is 3. The van der Waals surface area contributed by atoms with Crippen molar-refractivity contribution in [3.05, 3.63) is 36.5 Å². The number of aromatic amines is 1. The fourth-order valence-electron chi connectivity index (χ4n) is 2.45. The molecule has 1 amide bonds. The van der Waals surface area contributed by atoms with E-state index in [0.29, 0.717) is 0 Å². The van der Waals surface area contributed by atoms with Crippen LogP contribution in [0.5, 0.6) is 0 Å². The van der Waals surface area contributed by atoms with Gasteiger partial charge in [0.05, 0.1) is 11.7 Å². The van der Waals surface area contributed by atoms with E-state index >= 15 is 0 Å². The highest BCUT2D eigenvalue weighted by molar-refractivity contribution is 5.95. The summed E-state index contributed by atoms with van der Waals surface area (Å²) in [5.74, 6) is 0.0546. The van der Waals surface area contributed by atoms with Crippen LogP contribution in [0.1, 0.15) is 19.3 Å². The second kappa shape index (κ2) is 7.24. The van der Waals surface area contributed by atoms with E-state index in [-0.39, 0.29) is 24.4 Å². The first-order valence-electron chi connectivity index (χ1n) is 6.97. The maximum absolute atomic E-state index is 12.1. The molecule has 3 N–H and O–H groups in total. The second-order valence-electron chi connectivity index (χ2n) is 5.04. The Morgan fingerprint density at radius 2 is 2.00 bits per heavy atom. The van der Waals surface area contributed by atoms with Gasteiger partial charge in [-0.05, 0) is 43.1 Å². The zero-order valence-corrected chi connectivity index (χ0v) is 12.5. The number of halogens is 1. The quantitative estimate of drug-likeness (QED) is 0.816. The Morgan fingerprint density at radius 1 is 1.19 bits per heavy atom. The van der Waals surface area contributed by atoms with Crippen molar-refractivity contribution in [3.8, 4) is 11.3 Å². The Bertz CT molecular complexity index is 562. The smallest absolute Gasteiger partial charge is 0.241 e. The van der Waals surface area contributed by atoms with Crippen LogP contribution in [-0.4, -0.2) is 28.7 Å². The monoisotopic (exact) mass is 306 g/mol. The predicted molar refractivity (Wildman–Crippen MR) is 85.5 cm³/mol. The highest BCUT2D eigenvalue weighted by atomic mass is 35.5. The Balaban J connectivity index is 0.00000161. The fraction of sp³-hybridized carbons (Fsp3) is 0.333. The lowest BCUT2D eigenvalue weighted by Crippen LogP contribution is -2.43. The summed E-state index contributed by atoms with van der Waals surface area (Å²) in [6.45, 7) is 0.927. The molecule has 1 fully saturated rings. The van der Waals surface area contributed by atoms with Gasteiger partial charge in [-0.1, -0.05) is 18.6 Å². The molecule has 0 radical (unpaired) electrons. The predicted octanol–water partition coefficient (Wildman–Crippen LogP) is 2.58. The maximum Gasteiger partial charge on any atom is 0.241 e. The number of amides is 1. The van der Waals surface area contributed by atoms with Gasteiger partial charge in [0.1, 0.15) is 0 Å². The van der Waals surface area contributed by atoms with Crippen LogP contribution in [0.4, 0.5) is 5.69 Å². The molecular formula is C15H19ClN4O. The Morgan fingerprint density at radius 3 is 2.62 bits per heavy atom. The zero-order valence-electron chi connectivity index (χ0n) is 11.6. The van der Waals surface area contributed by atoms with Crippen LogP contribution in [-0.2, 0) is 4.79 Å². The normalized spacial score (nSPS) is 17.8. The van der Waals surface area contributed by atoms with E-state index in [1.165, 1.54) is 0 Å².